The summed E-state index contributed by atoms with van der Waals surface area (Å²) in [5.74, 6) is 0.0185. The summed E-state index contributed by atoms with van der Waals surface area (Å²) >= 11 is 1.28. The van der Waals surface area contributed by atoms with Crippen molar-refractivity contribution in [3.63, 3.8) is 0 Å². The minimum Gasteiger partial charge on any atom is -0.389 e. The third kappa shape index (κ3) is 3.84. The van der Waals surface area contributed by atoms with Crippen molar-refractivity contribution in [3.8, 4) is 0 Å². The average molecular weight is 313 g/mol. The van der Waals surface area contributed by atoms with Crippen LogP contribution >= 0.6 is 11.3 Å². The van der Waals surface area contributed by atoms with Gasteiger partial charge in [-0.05, 0) is 20.3 Å². The lowest BCUT2D eigenvalue weighted by atomic mass is 10.1. The Labute approximate surface area is 128 Å². The van der Waals surface area contributed by atoms with Crippen molar-refractivity contribution < 1.29 is 9.90 Å². The normalized spacial score (nSPS) is 19.1. The van der Waals surface area contributed by atoms with E-state index in [4.69, 9.17) is 11.5 Å². The van der Waals surface area contributed by atoms with Crippen LogP contribution in [0.25, 0.3) is 0 Å². The number of nitrogens with two attached hydrogens (primary N) is 2. The minimum absolute atomic E-state index is 0.145. The second-order valence-corrected chi connectivity index (χ2v) is 7.16. The highest BCUT2D eigenvalue weighted by Gasteiger charge is 2.27. The molecule has 1 aliphatic rings. The lowest BCUT2D eigenvalue weighted by Crippen LogP contribution is -2.39. The van der Waals surface area contributed by atoms with Crippen LogP contribution in [0.4, 0.5) is 10.9 Å². The molecule has 1 aromatic rings. The number of amides is 1. The molecule has 0 spiro atoms. The van der Waals surface area contributed by atoms with Crippen LogP contribution in [-0.2, 0) is 0 Å². The number of hydrogen-bond acceptors (Lipinski definition) is 7. The fraction of sp³-hybridized carbons (Fsp3) is 0.692. The second-order valence-electron chi connectivity index (χ2n) is 6.18. The van der Waals surface area contributed by atoms with Crippen molar-refractivity contribution >= 4 is 28.2 Å². The van der Waals surface area contributed by atoms with Crippen molar-refractivity contribution in [3.05, 3.63) is 4.88 Å². The van der Waals surface area contributed by atoms with Crippen LogP contribution in [-0.4, -0.2) is 59.2 Å². The van der Waals surface area contributed by atoms with E-state index in [2.05, 4.69) is 9.88 Å². The van der Waals surface area contributed by atoms with E-state index in [9.17, 15) is 9.90 Å². The van der Waals surface area contributed by atoms with Gasteiger partial charge in [0.25, 0.3) is 5.91 Å². The topological polar surface area (TPSA) is 109 Å². The number of aromatic nitrogens is 1. The number of likely N-dealkylation sites (N-methyl/N-ethyl adjacent to an activating group) is 1. The van der Waals surface area contributed by atoms with Gasteiger partial charge in [-0.2, -0.15) is 0 Å². The zero-order chi connectivity index (χ0) is 15.8. The lowest BCUT2D eigenvalue weighted by Gasteiger charge is -2.25. The largest absolute Gasteiger partial charge is 0.389 e. The summed E-state index contributed by atoms with van der Waals surface area (Å²) in [5.41, 5.74) is 10.8. The Bertz CT molecular complexity index is 525. The van der Waals surface area contributed by atoms with E-state index >= 15 is 0 Å². The molecule has 8 heteroatoms. The molecule has 118 valence electrons. The maximum absolute atomic E-state index is 12.4. The quantitative estimate of drug-likeness (QED) is 0.728. The Morgan fingerprint density at radius 1 is 1.62 bits per heavy atom. The molecule has 0 saturated carbocycles. The predicted molar refractivity (Wildman–Crippen MR) is 84.6 cm³/mol. The molecule has 0 bridgehead atoms. The summed E-state index contributed by atoms with van der Waals surface area (Å²) in [7, 11) is 1.64. The van der Waals surface area contributed by atoms with Gasteiger partial charge in [0.15, 0.2) is 5.13 Å². The van der Waals surface area contributed by atoms with E-state index in [0.29, 0.717) is 4.88 Å². The minimum atomic E-state index is -0.950. The molecule has 2 heterocycles. The number of nitrogen functional groups attached to an aromatic ring is 1. The van der Waals surface area contributed by atoms with E-state index < -0.39 is 5.60 Å². The molecule has 0 radical (unpaired) electrons. The number of nitrogens with zero attached hydrogens (tertiary/aromatic N) is 3. The van der Waals surface area contributed by atoms with E-state index in [-0.39, 0.29) is 24.3 Å². The molecule has 1 fully saturated rings. The van der Waals surface area contributed by atoms with Crippen LogP contribution in [0.1, 0.15) is 29.9 Å². The van der Waals surface area contributed by atoms with E-state index in [1.54, 1.807) is 20.9 Å². The fourth-order valence-electron chi connectivity index (χ4n) is 2.40. The lowest BCUT2D eigenvalue weighted by molar-refractivity contribution is 0.0371. The number of carbonyl (C=O) groups is 1. The van der Waals surface area contributed by atoms with Gasteiger partial charge in [-0.1, -0.05) is 11.3 Å². The van der Waals surface area contributed by atoms with Crippen LogP contribution in [0.2, 0.25) is 0 Å². The molecule has 7 nitrogen and oxygen atoms in total. The van der Waals surface area contributed by atoms with Crippen LogP contribution in [0, 0.1) is 0 Å². The Morgan fingerprint density at radius 2 is 2.29 bits per heavy atom. The first kappa shape index (κ1) is 16.0. The Balaban J connectivity index is 2.13. The monoisotopic (exact) mass is 313 g/mol. The molecule has 1 aliphatic heterocycles. The zero-order valence-electron chi connectivity index (χ0n) is 12.7. The number of hydrogen-bond donors (Lipinski definition) is 3. The average Bonchev–Trinajstić information content (AvgIpc) is 2.92. The molecule has 5 N–H and O–H groups in total. The smallest absolute Gasteiger partial charge is 0.267 e. The van der Waals surface area contributed by atoms with E-state index in [0.717, 1.165) is 24.6 Å². The number of thiazole rings is 1. The molecule has 21 heavy (non-hydrogen) atoms. The van der Waals surface area contributed by atoms with Gasteiger partial charge in [0.05, 0.1) is 5.60 Å². The zero-order valence-corrected chi connectivity index (χ0v) is 13.5. The predicted octanol–water partition coefficient (Wildman–Crippen LogP) is 0.106. The second kappa shape index (κ2) is 5.78. The summed E-state index contributed by atoms with van der Waals surface area (Å²) in [6.45, 7) is 5.11. The first-order valence-corrected chi connectivity index (χ1v) is 7.73. The van der Waals surface area contributed by atoms with Crippen molar-refractivity contribution in [2.75, 3.05) is 37.3 Å². The molecule has 0 aromatic carbocycles. The SMILES string of the molecule is CN(CC(C)(C)O)C(=O)c1sc(N2CCC(N)C2)nc1N. The standard InChI is InChI=1S/C13H23N5O2S/c1-13(2,20)7-17(3)11(19)9-10(15)16-12(21-9)18-5-4-8(14)6-18/h8,20H,4-7,14-15H2,1-3H3. The van der Waals surface area contributed by atoms with Gasteiger partial charge in [-0.15, -0.1) is 0 Å². The molecule has 1 saturated heterocycles. The van der Waals surface area contributed by atoms with Crippen LogP contribution < -0.4 is 16.4 Å². The van der Waals surface area contributed by atoms with Gasteiger partial charge >= 0.3 is 0 Å². The Kier molecular flexibility index (Phi) is 4.40. The summed E-state index contributed by atoms with van der Waals surface area (Å²) in [6.07, 6.45) is 0.918. The molecule has 1 amide bonds. The molecule has 1 atom stereocenters. The molecule has 1 unspecified atom stereocenters. The fourth-order valence-corrected chi connectivity index (χ4v) is 3.41. The highest BCUT2D eigenvalue weighted by atomic mass is 32.1. The first-order valence-electron chi connectivity index (χ1n) is 6.92. The summed E-state index contributed by atoms with van der Waals surface area (Å²) in [5, 5.41) is 10.5. The third-order valence-electron chi connectivity index (χ3n) is 3.30. The van der Waals surface area contributed by atoms with E-state index in [1.807, 2.05) is 0 Å². The Hall–Kier alpha value is -1.38. The van der Waals surface area contributed by atoms with Gasteiger partial charge in [0.1, 0.15) is 10.7 Å². The summed E-state index contributed by atoms with van der Waals surface area (Å²) in [6, 6.07) is 0.145. The highest BCUT2D eigenvalue weighted by molar-refractivity contribution is 7.18. The van der Waals surface area contributed by atoms with Crippen LogP contribution in [0.5, 0.6) is 0 Å². The Morgan fingerprint density at radius 3 is 2.81 bits per heavy atom. The molecule has 2 rings (SSSR count). The first-order chi connectivity index (χ1) is 9.67. The van der Waals surface area contributed by atoms with Crippen molar-refractivity contribution in [2.45, 2.75) is 31.9 Å². The third-order valence-corrected chi connectivity index (χ3v) is 4.42. The highest BCUT2D eigenvalue weighted by Crippen LogP contribution is 2.31. The number of anilines is 2. The number of rotatable bonds is 4. The molecular formula is C13H23N5O2S. The van der Waals surface area contributed by atoms with Gasteiger partial charge in [0.2, 0.25) is 0 Å². The summed E-state index contributed by atoms with van der Waals surface area (Å²) < 4.78 is 0. The molecule has 1 aromatic heterocycles. The van der Waals surface area contributed by atoms with Gasteiger partial charge < -0.3 is 26.4 Å². The number of carbonyl (C=O) groups excluding carboxylic acids is 1. The van der Waals surface area contributed by atoms with Gasteiger partial charge in [0, 0.05) is 32.7 Å². The van der Waals surface area contributed by atoms with Crippen LogP contribution in [0.3, 0.4) is 0 Å². The van der Waals surface area contributed by atoms with Crippen molar-refractivity contribution in [1.82, 2.24) is 9.88 Å². The molecular weight excluding hydrogens is 290 g/mol. The summed E-state index contributed by atoms with van der Waals surface area (Å²) in [4.78, 5) is 20.6. The maximum atomic E-state index is 12.4. The van der Waals surface area contributed by atoms with Crippen LogP contribution in [0.15, 0.2) is 0 Å². The van der Waals surface area contributed by atoms with Gasteiger partial charge in [-0.3, -0.25) is 4.79 Å². The number of aliphatic hydroxyl groups is 1. The van der Waals surface area contributed by atoms with Crippen molar-refractivity contribution in [1.29, 1.82) is 0 Å². The maximum Gasteiger partial charge on any atom is 0.267 e. The van der Waals surface area contributed by atoms with Gasteiger partial charge in [-0.25, -0.2) is 4.98 Å². The van der Waals surface area contributed by atoms with E-state index in [1.165, 1.54) is 16.2 Å². The molecule has 0 aliphatic carbocycles. The van der Waals surface area contributed by atoms with Crippen molar-refractivity contribution in [2.24, 2.45) is 5.73 Å².